The van der Waals surface area contributed by atoms with Crippen LogP contribution in [0.4, 0.5) is 13.2 Å². The summed E-state index contributed by atoms with van der Waals surface area (Å²) >= 11 is 1.46. The number of esters is 1. The van der Waals surface area contributed by atoms with Crippen molar-refractivity contribution in [2.75, 3.05) is 13.7 Å². The molecule has 7 heteroatoms. The minimum absolute atomic E-state index is 0.308. The van der Waals surface area contributed by atoms with Crippen molar-refractivity contribution in [2.45, 2.75) is 46.2 Å². The number of benzene rings is 2. The van der Waals surface area contributed by atoms with Crippen LogP contribution in [0.1, 0.15) is 51.0 Å². The zero-order valence-corrected chi connectivity index (χ0v) is 20.6. The first-order chi connectivity index (χ1) is 16.1. The van der Waals surface area contributed by atoms with E-state index in [9.17, 15) is 18.0 Å². The van der Waals surface area contributed by atoms with E-state index in [0.29, 0.717) is 17.4 Å². The van der Waals surface area contributed by atoms with Crippen LogP contribution in [0.3, 0.4) is 0 Å². The molecule has 0 radical (unpaired) electrons. The Kier molecular flexibility index (Phi) is 8.42. The second-order valence-electron chi connectivity index (χ2n) is 8.39. The first kappa shape index (κ1) is 25.8. The molecule has 0 bridgehead atoms. The molecule has 3 rings (SSSR count). The third-order valence-electron chi connectivity index (χ3n) is 5.92. The zero-order valence-electron chi connectivity index (χ0n) is 19.8. The number of hydrogen-bond donors (Lipinski definition) is 0. The lowest BCUT2D eigenvalue weighted by Gasteiger charge is -2.18. The van der Waals surface area contributed by atoms with E-state index in [1.165, 1.54) is 30.6 Å². The SMILES string of the molecule is CCC(CCc1ccc(C(=O)OC)s1)COc1cc(C)c(-c2ccc(C(F)(F)F)cc2)c(C)c1. The molecule has 1 aromatic heterocycles. The summed E-state index contributed by atoms with van der Waals surface area (Å²) in [6.45, 7) is 6.59. The molecule has 0 saturated carbocycles. The average molecular weight is 491 g/mol. The molecule has 3 aromatic rings. The fourth-order valence-corrected chi connectivity index (χ4v) is 4.92. The number of thiophene rings is 1. The van der Waals surface area contributed by atoms with Gasteiger partial charge in [-0.05, 0) is 91.3 Å². The number of methoxy groups -OCH3 is 1. The van der Waals surface area contributed by atoms with Crippen molar-refractivity contribution in [3.63, 3.8) is 0 Å². The fraction of sp³-hybridized carbons (Fsp3) is 0.370. The van der Waals surface area contributed by atoms with Crippen LogP contribution >= 0.6 is 11.3 Å². The second-order valence-corrected chi connectivity index (χ2v) is 9.56. The topological polar surface area (TPSA) is 35.5 Å². The summed E-state index contributed by atoms with van der Waals surface area (Å²) in [5.74, 6) is 0.809. The van der Waals surface area contributed by atoms with Crippen molar-refractivity contribution in [3.8, 4) is 16.9 Å². The van der Waals surface area contributed by atoms with Crippen molar-refractivity contribution in [1.29, 1.82) is 0 Å². The molecule has 0 aliphatic rings. The highest BCUT2D eigenvalue weighted by Gasteiger charge is 2.30. The van der Waals surface area contributed by atoms with Gasteiger partial charge in [-0.3, -0.25) is 0 Å². The van der Waals surface area contributed by atoms with Crippen LogP contribution in [0.15, 0.2) is 48.5 Å². The van der Waals surface area contributed by atoms with E-state index in [-0.39, 0.29) is 5.97 Å². The summed E-state index contributed by atoms with van der Waals surface area (Å²) in [6.07, 6.45) is -1.56. The molecular formula is C27H29F3O3S. The molecule has 0 N–H and O–H groups in total. The molecule has 2 aromatic carbocycles. The van der Waals surface area contributed by atoms with Crippen molar-refractivity contribution in [3.05, 3.63) is 75.0 Å². The van der Waals surface area contributed by atoms with Crippen LogP contribution in [0.2, 0.25) is 0 Å². The Morgan fingerprint density at radius 2 is 1.68 bits per heavy atom. The Morgan fingerprint density at radius 1 is 1.03 bits per heavy atom. The molecule has 0 aliphatic heterocycles. The lowest BCUT2D eigenvalue weighted by atomic mass is 9.94. The molecule has 0 saturated heterocycles. The van der Waals surface area contributed by atoms with Gasteiger partial charge >= 0.3 is 12.1 Å². The molecule has 0 spiro atoms. The largest absolute Gasteiger partial charge is 0.493 e. The van der Waals surface area contributed by atoms with E-state index in [1.807, 2.05) is 32.0 Å². The molecule has 0 fully saturated rings. The summed E-state index contributed by atoms with van der Waals surface area (Å²) in [5, 5.41) is 0. The van der Waals surface area contributed by atoms with Gasteiger partial charge in [-0.1, -0.05) is 25.5 Å². The third kappa shape index (κ3) is 6.41. The monoisotopic (exact) mass is 490 g/mol. The highest BCUT2D eigenvalue weighted by molar-refractivity contribution is 7.13. The molecule has 182 valence electrons. The summed E-state index contributed by atoms with van der Waals surface area (Å²) in [7, 11) is 1.38. The van der Waals surface area contributed by atoms with Crippen LogP contribution in [-0.2, 0) is 17.3 Å². The lowest BCUT2D eigenvalue weighted by molar-refractivity contribution is -0.137. The normalized spacial score (nSPS) is 12.4. The summed E-state index contributed by atoms with van der Waals surface area (Å²) in [5.41, 5.74) is 2.94. The first-order valence-corrected chi connectivity index (χ1v) is 12.0. The van der Waals surface area contributed by atoms with Gasteiger partial charge in [0.2, 0.25) is 0 Å². The first-order valence-electron chi connectivity index (χ1n) is 11.2. The van der Waals surface area contributed by atoms with Gasteiger partial charge in [0, 0.05) is 4.88 Å². The number of alkyl halides is 3. The molecule has 3 nitrogen and oxygen atoms in total. The van der Waals surface area contributed by atoms with Gasteiger partial charge < -0.3 is 9.47 Å². The zero-order chi connectivity index (χ0) is 24.9. The molecule has 1 atom stereocenters. The lowest BCUT2D eigenvalue weighted by Crippen LogP contribution is -2.12. The minimum atomic E-state index is -4.34. The van der Waals surface area contributed by atoms with Crippen LogP contribution in [0, 0.1) is 19.8 Å². The van der Waals surface area contributed by atoms with Gasteiger partial charge in [0.25, 0.3) is 0 Å². The Balaban J connectivity index is 1.63. The Morgan fingerprint density at radius 3 is 2.24 bits per heavy atom. The highest BCUT2D eigenvalue weighted by atomic mass is 32.1. The van der Waals surface area contributed by atoms with Crippen molar-refractivity contribution in [1.82, 2.24) is 0 Å². The van der Waals surface area contributed by atoms with E-state index >= 15 is 0 Å². The maximum atomic E-state index is 12.9. The maximum Gasteiger partial charge on any atom is 0.416 e. The van der Waals surface area contributed by atoms with Crippen molar-refractivity contribution < 1.29 is 27.4 Å². The van der Waals surface area contributed by atoms with Crippen LogP contribution < -0.4 is 4.74 Å². The van der Waals surface area contributed by atoms with E-state index in [0.717, 1.165) is 64.3 Å². The molecule has 1 unspecified atom stereocenters. The van der Waals surface area contributed by atoms with Gasteiger partial charge in [0.15, 0.2) is 0 Å². The van der Waals surface area contributed by atoms with Gasteiger partial charge in [0.1, 0.15) is 10.6 Å². The third-order valence-corrected chi connectivity index (χ3v) is 7.04. The van der Waals surface area contributed by atoms with Gasteiger partial charge in [0.05, 0.1) is 19.3 Å². The number of aryl methyl sites for hydroxylation is 3. The predicted octanol–water partition coefficient (Wildman–Crippen LogP) is 7.88. The summed E-state index contributed by atoms with van der Waals surface area (Å²) in [4.78, 5) is 13.4. The van der Waals surface area contributed by atoms with E-state index in [4.69, 9.17) is 9.47 Å². The van der Waals surface area contributed by atoms with Crippen molar-refractivity contribution >= 4 is 17.3 Å². The number of halogens is 3. The van der Waals surface area contributed by atoms with E-state index in [2.05, 4.69) is 6.92 Å². The Labute approximate surface area is 202 Å². The van der Waals surface area contributed by atoms with Gasteiger partial charge in [-0.25, -0.2) is 4.79 Å². The summed E-state index contributed by atoms with van der Waals surface area (Å²) in [6, 6.07) is 12.9. The van der Waals surface area contributed by atoms with Crippen molar-refractivity contribution in [2.24, 2.45) is 5.92 Å². The standard InChI is InChI=1S/C27H29F3O3S/c1-5-19(6-11-23-12-13-24(34-23)26(31)32-4)16-33-22-14-17(2)25(18(3)15-22)20-7-9-21(10-8-20)27(28,29)30/h7-10,12-15,19H,5-6,11,16H2,1-4H3. The van der Waals surface area contributed by atoms with E-state index < -0.39 is 11.7 Å². The molecule has 1 heterocycles. The number of hydrogen-bond acceptors (Lipinski definition) is 4. The highest BCUT2D eigenvalue weighted by Crippen LogP contribution is 2.34. The number of carbonyl (C=O) groups is 1. The Bertz CT molecular complexity index is 1090. The second kappa shape index (κ2) is 11.1. The van der Waals surface area contributed by atoms with Crippen LogP contribution in [0.25, 0.3) is 11.1 Å². The van der Waals surface area contributed by atoms with Crippen LogP contribution in [0.5, 0.6) is 5.75 Å². The van der Waals surface area contributed by atoms with Gasteiger partial charge in [-0.15, -0.1) is 11.3 Å². The van der Waals surface area contributed by atoms with Crippen LogP contribution in [-0.4, -0.2) is 19.7 Å². The smallest absolute Gasteiger partial charge is 0.416 e. The molecule has 34 heavy (non-hydrogen) atoms. The maximum absolute atomic E-state index is 12.9. The Hall–Kier alpha value is -2.80. The fourth-order valence-electron chi connectivity index (χ4n) is 3.98. The molecular weight excluding hydrogens is 461 g/mol. The quantitative estimate of drug-likeness (QED) is 0.286. The number of ether oxygens (including phenoxy) is 2. The predicted molar refractivity (Wildman–Crippen MR) is 130 cm³/mol. The summed E-state index contributed by atoms with van der Waals surface area (Å²) < 4.78 is 49.5. The molecule has 0 aliphatic carbocycles. The number of carbonyl (C=O) groups excluding carboxylic acids is 1. The number of rotatable bonds is 9. The minimum Gasteiger partial charge on any atom is -0.493 e. The molecule has 0 amide bonds. The van der Waals surface area contributed by atoms with Gasteiger partial charge in [-0.2, -0.15) is 13.2 Å². The average Bonchev–Trinajstić information content (AvgIpc) is 3.27. The van der Waals surface area contributed by atoms with E-state index in [1.54, 1.807) is 6.07 Å².